The lowest BCUT2D eigenvalue weighted by atomic mass is 10.2. The van der Waals surface area contributed by atoms with E-state index in [2.05, 4.69) is 0 Å². The molecule has 0 saturated heterocycles. The molecule has 1 fully saturated rings. The van der Waals surface area contributed by atoms with Crippen LogP contribution >= 0.6 is 11.6 Å². The highest BCUT2D eigenvalue weighted by Crippen LogP contribution is 2.66. The van der Waals surface area contributed by atoms with E-state index in [0.717, 1.165) is 30.5 Å². The number of aromatic amines is 1. The van der Waals surface area contributed by atoms with Gasteiger partial charge in [0.05, 0.1) is 31.2 Å². The van der Waals surface area contributed by atoms with Gasteiger partial charge in [0, 0.05) is 11.6 Å². The maximum Gasteiger partial charge on any atom is 0.362 e. The van der Waals surface area contributed by atoms with Gasteiger partial charge in [0.25, 0.3) is 5.56 Å². The molecule has 1 aliphatic rings. The van der Waals surface area contributed by atoms with Crippen molar-refractivity contribution >= 4 is 43.2 Å². The Balaban J connectivity index is 1.78. The molecule has 2 heterocycles. The molecule has 2 aromatic heterocycles. The minimum atomic E-state index is -4.79. The quantitative estimate of drug-likeness (QED) is 0.317. The van der Waals surface area contributed by atoms with Gasteiger partial charge >= 0.3 is 17.5 Å². The molecule has 0 bridgehead atoms. The van der Waals surface area contributed by atoms with Crippen molar-refractivity contribution in [2.24, 2.45) is 0 Å². The van der Waals surface area contributed by atoms with Gasteiger partial charge in [-0.05, 0) is 30.3 Å². The lowest BCUT2D eigenvalue weighted by Gasteiger charge is -2.11. The van der Waals surface area contributed by atoms with Crippen LogP contribution in [0.2, 0.25) is 5.02 Å². The van der Waals surface area contributed by atoms with E-state index in [1.54, 1.807) is 0 Å². The Morgan fingerprint density at radius 3 is 2.32 bits per heavy atom. The van der Waals surface area contributed by atoms with E-state index in [1.807, 2.05) is 4.98 Å². The molecule has 0 unspecified atom stereocenters. The Morgan fingerprint density at radius 1 is 1.06 bits per heavy atom. The molecule has 178 valence electrons. The molecule has 0 atom stereocenters. The highest BCUT2D eigenvalue weighted by Gasteiger charge is 2.86. The number of halogens is 6. The van der Waals surface area contributed by atoms with Crippen molar-refractivity contribution in [2.45, 2.75) is 27.7 Å². The van der Waals surface area contributed by atoms with Crippen molar-refractivity contribution in [3.05, 3.63) is 68.2 Å². The summed E-state index contributed by atoms with van der Waals surface area (Å²) in [5.41, 5.74) is -3.88. The highest BCUT2D eigenvalue weighted by atomic mass is 35.5. The fraction of sp³-hybridized carbons (Fsp3) is 0.158. The Kier molecular flexibility index (Phi) is 4.35. The predicted molar refractivity (Wildman–Crippen MR) is 107 cm³/mol. The van der Waals surface area contributed by atoms with Crippen molar-refractivity contribution in [3.63, 3.8) is 0 Å². The van der Waals surface area contributed by atoms with Gasteiger partial charge < -0.3 is 14.8 Å². The number of benzene rings is 2. The third-order valence-corrected chi connectivity index (χ3v) is 7.72. The minimum absolute atomic E-state index is 0.327. The van der Waals surface area contributed by atoms with Crippen LogP contribution in [0.3, 0.4) is 0 Å². The summed E-state index contributed by atoms with van der Waals surface area (Å²) in [5.74, 6) is -10.0. The zero-order chi connectivity index (χ0) is 25.0. The number of aromatic nitrogens is 3. The van der Waals surface area contributed by atoms with Gasteiger partial charge in [-0.2, -0.15) is 17.6 Å². The summed E-state index contributed by atoms with van der Waals surface area (Å²) in [6.07, 6.45) is 0.794. The molecular formula is C19H9ClF5N3O5S. The van der Waals surface area contributed by atoms with Crippen LogP contribution in [0, 0.1) is 5.82 Å². The summed E-state index contributed by atoms with van der Waals surface area (Å²) >= 11 is 5.91. The number of fused-ring (bicyclic) bond motifs is 2. The van der Waals surface area contributed by atoms with Crippen LogP contribution < -0.4 is 11.2 Å². The van der Waals surface area contributed by atoms with Crippen LogP contribution in [-0.2, 0) is 9.84 Å². The van der Waals surface area contributed by atoms with Crippen molar-refractivity contribution in [1.82, 2.24) is 14.3 Å². The fourth-order valence-corrected chi connectivity index (χ4v) is 5.54. The fourth-order valence-electron chi connectivity index (χ4n) is 3.85. The van der Waals surface area contributed by atoms with Crippen molar-refractivity contribution in [1.29, 1.82) is 0 Å². The minimum Gasteiger partial charge on any atom is -0.421 e. The molecular weight excluding hydrogens is 513 g/mol. The molecule has 0 radical (unpaired) electrons. The topological polar surface area (TPSA) is 114 Å². The number of sulfone groups is 1. The molecule has 0 spiro atoms. The lowest BCUT2D eigenvalue weighted by Crippen LogP contribution is -2.33. The first-order valence-electron chi connectivity index (χ1n) is 9.19. The number of hydrogen-bond donors (Lipinski definition) is 2. The normalized spacial score (nSPS) is 17.5. The SMILES string of the molecule is O=c1[nH]c2c(S(=O)(=O)c3cc(F)c4ccn(C5C(F)(F)C5(F)F)c4c3)ccc(Cl)c2c(=O)n1O. The first-order valence-corrected chi connectivity index (χ1v) is 11.0. The summed E-state index contributed by atoms with van der Waals surface area (Å²) in [5, 5.41) is 8.24. The van der Waals surface area contributed by atoms with Gasteiger partial charge in [-0.1, -0.05) is 16.3 Å². The van der Waals surface area contributed by atoms with Gasteiger partial charge in [0.1, 0.15) is 5.82 Å². The highest BCUT2D eigenvalue weighted by molar-refractivity contribution is 7.91. The Bertz CT molecular complexity index is 1760. The van der Waals surface area contributed by atoms with Gasteiger partial charge in [-0.3, -0.25) is 4.79 Å². The van der Waals surface area contributed by atoms with Crippen LogP contribution in [-0.4, -0.2) is 39.8 Å². The standard InChI is InChI=1S/C19H9ClF5N3O5S/c20-9-1-2-12(14-13(9)15(29)28(31)17(30)26-14)34(32,33)7-5-10(21)8-3-4-27(11(8)6-7)16-18(22,23)19(16,24)25/h1-6,16,31H,(H,26,30). The van der Waals surface area contributed by atoms with E-state index >= 15 is 0 Å². The number of rotatable bonds is 3. The van der Waals surface area contributed by atoms with Gasteiger partial charge in [-0.25, -0.2) is 17.6 Å². The first kappa shape index (κ1) is 22.4. The molecule has 2 N–H and O–H groups in total. The van der Waals surface area contributed by atoms with Crippen LogP contribution in [0.15, 0.2) is 55.9 Å². The third kappa shape index (κ3) is 2.72. The second-order valence-electron chi connectivity index (χ2n) is 7.56. The monoisotopic (exact) mass is 521 g/mol. The summed E-state index contributed by atoms with van der Waals surface area (Å²) in [6.45, 7) is 0. The number of nitrogens with one attached hydrogen (secondary N) is 1. The molecule has 2 aromatic carbocycles. The molecule has 5 rings (SSSR count). The van der Waals surface area contributed by atoms with Crippen LogP contribution in [0.5, 0.6) is 0 Å². The number of hydrogen-bond acceptors (Lipinski definition) is 5. The molecule has 1 aliphatic carbocycles. The Hall–Kier alpha value is -3.39. The van der Waals surface area contributed by atoms with Crippen LogP contribution in [0.4, 0.5) is 22.0 Å². The number of alkyl halides is 4. The maximum atomic E-state index is 14.7. The smallest absolute Gasteiger partial charge is 0.362 e. The van der Waals surface area contributed by atoms with Crippen LogP contribution in [0.25, 0.3) is 21.8 Å². The molecule has 15 heteroatoms. The van der Waals surface area contributed by atoms with Crippen molar-refractivity contribution < 1.29 is 35.6 Å². The van der Waals surface area contributed by atoms with E-state index in [1.165, 1.54) is 0 Å². The van der Waals surface area contributed by atoms with E-state index in [4.69, 9.17) is 11.6 Å². The van der Waals surface area contributed by atoms with E-state index in [9.17, 15) is 45.2 Å². The predicted octanol–water partition coefficient (Wildman–Crippen LogP) is 3.33. The molecule has 4 aromatic rings. The maximum absolute atomic E-state index is 14.7. The van der Waals surface area contributed by atoms with E-state index < -0.39 is 71.0 Å². The molecule has 8 nitrogen and oxygen atoms in total. The second kappa shape index (κ2) is 6.60. The summed E-state index contributed by atoms with van der Waals surface area (Å²) in [4.78, 5) is 24.5. The molecule has 34 heavy (non-hydrogen) atoms. The van der Waals surface area contributed by atoms with E-state index in [-0.39, 0.29) is 15.1 Å². The summed E-state index contributed by atoms with van der Waals surface area (Å²) in [6, 6.07) is 1.44. The molecule has 0 amide bonds. The molecule has 0 aliphatic heterocycles. The van der Waals surface area contributed by atoms with Gasteiger partial charge in [-0.15, -0.1) is 0 Å². The Morgan fingerprint density at radius 2 is 1.71 bits per heavy atom. The van der Waals surface area contributed by atoms with E-state index in [0.29, 0.717) is 10.6 Å². The van der Waals surface area contributed by atoms with Crippen molar-refractivity contribution in [2.75, 3.05) is 0 Å². The first-order chi connectivity index (χ1) is 15.7. The van der Waals surface area contributed by atoms with Crippen molar-refractivity contribution in [3.8, 4) is 0 Å². The average molecular weight is 522 g/mol. The summed E-state index contributed by atoms with van der Waals surface area (Å²) < 4.78 is 95.8. The van der Waals surface area contributed by atoms with Gasteiger partial charge in [0.2, 0.25) is 9.84 Å². The largest absolute Gasteiger partial charge is 0.421 e. The van der Waals surface area contributed by atoms with Gasteiger partial charge in [0.15, 0.2) is 6.04 Å². The number of H-pyrrole nitrogens is 1. The summed E-state index contributed by atoms with van der Waals surface area (Å²) in [7, 11) is -4.79. The van der Waals surface area contributed by atoms with Crippen LogP contribution in [0.1, 0.15) is 6.04 Å². The third-order valence-electron chi connectivity index (χ3n) is 5.63. The average Bonchev–Trinajstić information content (AvgIpc) is 3.02. The zero-order valence-corrected chi connectivity index (χ0v) is 17.8. The lowest BCUT2D eigenvalue weighted by molar-refractivity contribution is -0.0278. The zero-order valence-electron chi connectivity index (χ0n) is 16.2. The number of nitrogens with zero attached hydrogens (tertiary/aromatic N) is 2. The second-order valence-corrected chi connectivity index (χ2v) is 9.88. The Labute approximate surface area is 189 Å². The molecule has 1 saturated carbocycles.